The van der Waals surface area contributed by atoms with E-state index in [9.17, 15) is 4.79 Å². The number of aliphatic hydroxyl groups is 1. The molecule has 0 saturated heterocycles. The second-order valence-corrected chi connectivity index (χ2v) is 7.20. The number of ether oxygens (including phenoxy) is 2. The Morgan fingerprint density at radius 3 is 2.60 bits per heavy atom. The zero-order valence-electron chi connectivity index (χ0n) is 15.6. The molecule has 3 N–H and O–H groups in total. The molecule has 1 aliphatic heterocycles. The van der Waals surface area contributed by atoms with Crippen molar-refractivity contribution in [2.45, 2.75) is 6.61 Å². The van der Waals surface area contributed by atoms with Crippen LogP contribution in [0.2, 0.25) is 5.02 Å². The van der Waals surface area contributed by atoms with Gasteiger partial charge in [0.05, 0.1) is 5.02 Å². The van der Waals surface area contributed by atoms with Crippen LogP contribution in [0, 0.1) is 0 Å². The van der Waals surface area contributed by atoms with Gasteiger partial charge >= 0.3 is 0 Å². The average molecular weight is 445 g/mol. The minimum Gasteiger partial charge on any atom is -0.486 e. The Bertz CT molecular complexity index is 1110. The summed E-state index contributed by atoms with van der Waals surface area (Å²) in [6.07, 6.45) is 0. The van der Waals surface area contributed by atoms with Gasteiger partial charge in [-0.2, -0.15) is 0 Å². The summed E-state index contributed by atoms with van der Waals surface area (Å²) < 4.78 is 16.5. The first-order chi connectivity index (χ1) is 14.5. The van der Waals surface area contributed by atoms with Crippen LogP contribution in [-0.4, -0.2) is 29.3 Å². The highest BCUT2D eigenvalue weighted by molar-refractivity contribution is 7.80. The number of rotatable bonds is 4. The van der Waals surface area contributed by atoms with Gasteiger partial charge in [0, 0.05) is 16.8 Å². The molecule has 7 nitrogen and oxygen atoms in total. The van der Waals surface area contributed by atoms with Gasteiger partial charge in [0.1, 0.15) is 31.3 Å². The molecular weight excluding hydrogens is 428 g/mol. The maximum atomic E-state index is 12.5. The van der Waals surface area contributed by atoms with Crippen molar-refractivity contribution in [1.29, 1.82) is 0 Å². The first-order valence-electron chi connectivity index (χ1n) is 9.05. The molecule has 154 valence electrons. The molecule has 2 heterocycles. The van der Waals surface area contributed by atoms with Crippen LogP contribution in [0.15, 0.2) is 52.9 Å². The lowest BCUT2D eigenvalue weighted by Crippen LogP contribution is -2.34. The first kappa shape index (κ1) is 20.2. The van der Waals surface area contributed by atoms with E-state index < -0.39 is 0 Å². The fourth-order valence-corrected chi connectivity index (χ4v) is 3.41. The maximum absolute atomic E-state index is 12.5. The second kappa shape index (κ2) is 8.74. The molecule has 30 heavy (non-hydrogen) atoms. The Balaban J connectivity index is 1.41. The minimum absolute atomic E-state index is 0.124. The lowest BCUT2D eigenvalue weighted by molar-refractivity contribution is 0.0976. The highest BCUT2D eigenvalue weighted by Gasteiger charge is 2.16. The minimum atomic E-state index is -0.376. The summed E-state index contributed by atoms with van der Waals surface area (Å²) in [6.45, 7) is 0.735. The van der Waals surface area contributed by atoms with E-state index in [0.29, 0.717) is 58.1 Å². The Kier molecular flexibility index (Phi) is 5.89. The van der Waals surface area contributed by atoms with Crippen LogP contribution < -0.4 is 20.1 Å². The van der Waals surface area contributed by atoms with Crippen molar-refractivity contribution < 1.29 is 23.8 Å². The average Bonchev–Trinajstić information content (AvgIpc) is 3.22. The maximum Gasteiger partial charge on any atom is 0.257 e. The number of aliphatic hydroxyl groups excluding tert-OH is 1. The molecule has 4 rings (SSSR count). The summed E-state index contributed by atoms with van der Waals surface area (Å²) in [6, 6.07) is 13.5. The molecule has 1 aliphatic rings. The Labute approximate surface area is 182 Å². The number of fused-ring (bicyclic) bond motifs is 1. The normalized spacial score (nSPS) is 12.3. The van der Waals surface area contributed by atoms with Crippen molar-refractivity contribution in [2.75, 3.05) is 18.5 Å². The zero-order chi connectivity index (χ0) is 21.1. The summed E-state index contributed by atoms with van der Waals surface area (Å²) in [5.41, 5.74) is 1.67. The highest BCUT2D eigenvalue weighted by atomic mass is 35.5. The summed E-state index contributed by atoms with van der Waals surface area (Å²) in [5, 5.41) is 15.2. The van der Waals surface area contributed by atoms with Gasteiger partial charge in [-0.25, -0.2) is 0 Å². The summed E-state index contributed by atoms with van der Waals surface area (Å²) in [4.78, 5) is 12.5. The van der Waals surface area contributed by atoms with Crippen molar-refractivity contribution in [3.63, 3.8) is 0 Å². The van der Waals surface area contributed by atoms with Gasteiger partial charge in [0.2, 0.25) is 0 Å². The number of carbonyl (C=O) groups excluding carboxylic acids is 1. The molecule has 0 bridgehead atoms. The van der Waals surface area contributed by atoms with Crippen molar-refractivity contribution in [3.8, 4) is 22.8 Å². The summed E-state index contributed by atoms with van der Waals surface area (Å²) in [5.74, 6) is 1.75. The molecule has 3 aromatic rings. The molecule has 0 fully saturated rings. The molecule has 9 heteroatoms. The van der Waals surface area contributed by atoms with Crippen LogP contribution in [0.1, 0.15) is 16.1 Å². The second-order valence-electron chi connectivity index (χ2n) is 6.39. The highest BCUT2D eigenvalue weighted by Crippen LogP contribution is 2.32. The summed E-state index contributed by atoms with van der Waals surface area (Å²) in [7, 11) is 0. The van der Waals surface area contributed by atoms with Crippen LogP contribution >= 0.6 is 23.8 Å². The number of carbonyl (C=O) groups is 1. The number of amides is 1. The standard InChI is InChI=1S/C21H17ClN2O5S/c22-16-10-13(2-4-15(16)17-6-3-14(11-25)29-17)23-21(30)24-20(26)12-1-5-18-19(9-12)28-8-7-27-18/h1-6,9-10,25H,7-8,11H2,(H2,23,24,26,30). The Morgan fingerprint density at radius 1 is 1.07 bits per heavy atom. The van der Waals surface area contributed by atoms with E-state index in [2.05, 4.69) is 10.6 Å². The van der Waals surface area contributed by atoms with Crippen LogP contribution in [0.5, 0.6) is 11.5 Å². The van der Waals surface area contributed by atoms with Gasteiger partial charge in [-0.15, -0.1) is 0 Å². The van der Waals surface area contributed by atoms with Gasteiger partial charge in [-0.05, 0) is 60.7 Å². The Morgan fingerprint density at radius 2 is 1.87 bits per heavy atom. The third-order valence-electron chi connectivity index (χ3n) is 4.34. The van der Waals surface area contributed by atoms with Crippen molar-refractivity contribution in [3.05, 3.63) is 64.9 Å². The van der Waals surface area contributed by atoms with Crippen molar-refractivity contribution in [1.82, 2.24) is 5.32 Å². The summed E-state index contributed by atoms with van der Waals surface area (Å²) >= 11 is 11.6. The number of anilines is 1. The van der Waals surface area contributed by atoms with Crippen LogP contribution in [0.25, 0.3) is 11.3 Å². The zero-order valence-corrected chi connectivity index (χ0v) is 17.2. The van der Waals surface area contributed by atoms with Gasteiger partial charge in [-0.1, -0.05) is 11.6 Å². The molecular formula is C21H17ClN2O5S. The molecule has 0 atom stereocenters. The SMILES string of the molecule is O=C(NC(=S)Nc1ccc(-c2ccc(CO)o2)c(Cl)c1)c1ccc2c(c1)OCCO2. The van der Waals surface area contributed by atoms with Gasteiger partial charge in [0.25, 0.3) is 5.91 Å². The van der Waals surface area contributed by atoms with Crippen LogP contribution in [-0.2, 0) is 6.61 Å². The first-order valence-corrected chi connectivity index (χ1v) is 9.83. The molecule has 0 unspecified atom stereocenters. The van der Waals surface area contributed by atoms with E-state index >= 15 is 0 Å². The number of benzene rings is 2. The van der Waals surface area contributed by atoms with Crippen LogP contribution in [0.4, 0.5) is 5.69 Å². The van der Waals surface area contributed by atoms with E-state index in [1.807, 2.05) is 0 Å². The fraction of sp³-hybridized carbons (Fsp3) is 0.143. The van der Waals surface area contributed by atoms with E-state index in [4.69, 9.17) is 42.8 Å². The van der Waals surface area contributed by atoms with Crippen molar-refractivity contribution >= 4 is 40.5 Å². The van der Waals surface area contributed by atoms with Crippen molar-refractivity contribution in [2.24, 2.45) is 0 Å². The number of halogens is 1. The predicted octanol–water partition coefficient (Wildman–Crippen LogP) is 3.99. The quantitative estimate of drug-likeness (QED) is 0.524. The number of hydrogen-bond acceptors (Lipinski definition) is 6. The molecule has 0 radical (unpaired) electrons. The monoisotopic (exact) mass is 444 g/mol. The number of hydrogen-bond donors (Lipinski definition) is 3. The van der Waals surface area contributed by atoms with E-state index in [-0.39, 0.29) is 17.6 Å². The number of furan rings is 1. The lowest BCUT2D eigenvalue weighted by Gasteiger charge is -2.18. The van der Waals surface area contributed by atoms with E-state index in [1.54, 1.807) is 48.5 Å². The number of thiocarbonyl (C=S) groups is 1. The molecule has 0 aliphatic carbocycles. The van der Waals surface area contributed by atoms with E-state index in [1.165, 1.54) is 0 Å². The third kappa shape index (κ3) is 4.40. The molecule has 0 saturated carbocycles. The third-order valence-corrected chi connectivity index (χ3v) is 4.86. The largest absolute Gasteiger partial charge is 0.486 e. The molecule has 2 aromatic carbocycles. The molecule has 1 aromatic heterocycles. The smallest absolute Gasteiger partial charge is 0.257 e. The van der Waals surface area contributed by atoms with Gasteiger partial charge in [0.15, 0.2) is 16.6 Å². The number of nitrogens with one attached hydrogen (secondary N) is 2. The fourth-order valence-electron chi connectivity index (χ4n) is 2.92. The van der Waals surface area contributed by atoms with Crippen LogP contribution in [0.3, 0.4) is 0 Å². The topological polar surface area (TPSA) is 93.0 Å². The lowest BCUT2D eigenvalue weighted by atomic mass is 10.1. The Hall–Kier alpha value is -3.07. The molecule has 0 spiro atoms. The van der Waals surface area contributed by atoms with E-state index in [0.717, 1.165) is 0 Å². The molecule has 1 amide bonds. The predicted molar refractivity (Wildman–Crippen MR) is 116 cm³/mol. The van der Waals surface area contributed by atoms with Gasteiger partial charge in [-0.3, -0.25) is 10.1 Å². The van der Waals surface area contributed by atoms with Gasteiger partial charge < -0.3 is 24.3 Å².